The zero-order chi connectivity index (χ0) is 19.3. The van der Waals surface area contributed by atoms with Gasteiger partial charge in [0.25, 0.3) is 5.91 Å². The Morgan fingerprint density at radius 2 is 1.73 bits per heavy atom. The molecule has 0 aromatic heterocycles. The summed E-state index contributed by atoms with van der Waals surface area (Å²) in [5.41, 5.74) is 1.93. The van der Waals surface area contributed by atoms with Gasteiger partial charge in [-0.3, -0.25) is 4.79 Å². The van der Waals surface area contributed by atoms with Crippen LogP contribution in [0.3, 0.4) is 0 Å². The molecule has 7 heteroatoms. The van der Waals surface area contributed by atoms with Crippen molar-refractivity contribution < 1.29 is 14.3 Å². The van der Waals surface area contributed by atoms with Crippen LogP contribution >= 0.6 is 15.9 Å². The predicted molar refractivity (Wildman–Crippen MR) is 106 cm³/mol. The molecule has 0 saturated carbocycles. The van der Waals surface area contributed by atoms with E-state index in [4.69, 9.17) is 4.74 Å². The fourth-order valence-electron chi connectivity index (χ4n) is 2.34. The van der Waals surface area contributed by atoms with E-state index in [9.17, 15) is 9.59 Å². The Bertz CT molecular complexity index is 791. The van der Waals surface area contributed by atoms with Gasteiger partial charge in [-0.1, -0.05) is 28.1 Å². The molecular formula is C19H22BrN3O3. The number of nitrogens with zero attached hydrogens (tertiary/aromatic N) is 2. The molecule has 1 N–H and O–H groups in total. The SMILES string of the molecule is COc1ccc(C(=O)N(C)C)cc1NC(=O)N(C)Cc1ccc(Br)cc1. The van der Waals surface area contributed by atoms with Crippen LogP contribution in [0.2, 0.25) is 0 Å². The molecule has 26 heavy (non-hydrogen) atoms. The average Bonchev–Trinajstić information content (AvgIpc) is 2.62. The van der Waals surface area contributed by atoms with E-state index < -0.39 is 0 Å². The lowest BCUT2D eigenvalue weighted by molar-refractivity contribution is 0.0827. The molecule has 0 aliphatic carbocycles. The van der Waals surface area contributed by atoms with Crippen molar-refractivity contribution in [2.45, 2.75) is 6.54 Å². The summed E-state index contributed by atoms with van der Waals surface area (Å²) in [4.78, 5) is 27.7. The molecule has 0 saturated heterocycles. The molecule has 138 valence electrons. The molecule has 6 nitrogen and oxygen atoms in total. The molecule has 3 amide bonds. The number of halogens is 1. The number of urea groups is 1. The lowest BCUT2D eigenvalue weighted by Crippen LogP contribution is -2.31. The molecule has 0 spiro atoms. The second kappa shape index (κ2) is 8.71. The standard InChI is InChI=1S/C19H22BrN3O3/c1-22(2)18(24)14-7-10-17(26-4)16(11-14)21-19(25)23(3)12-13-5-8-15(20)9-6-13/h5-11H,12H2,1-4H3,(H,21,25). The fourth-order valence-corrected chi connectivity index (χ4v) is 2.61. The smallest absolute Gasteiger partial charge is 0.321 e. The van der Waals surface area contributed by atoms with Crippen LogP contribution < -0.4 is 10.1 Å². The summed E-state index contributed by atoms with van der Waals surface area (Å²) in [6.45, 7) is 0.456. The maximum Gasteiger partial charge on any atom is 0.321 e. The minimum Gasteiger partial charge on any atom is -0.495 e. The van der Waals surface area contributed by atoms with Gasteiger partial charge in [0.15, 0.2) is 0 Å². The summed E-state index contributed by atoms with van der Waals surface area (Å²) >= 11 is 3.39. The largest absolute Gasteiger partial charge is 0.495 e. The highest BCUT2D eigenvalue weighted by molar-refractivity contribution is 9.10. The van der Waals surface area contributed by atoms with Crippen LogP contribution in [-0.2, 0) is 6.54 Å². The summed E-state index contributed by atoms with van der Waals surface area (Å²) in [5.74, 6) is 0.345. The number of anilines is 1. The normalized spacial score (nSPS) is 10.2. The minimum absolute atomic E-state index is 0.147. The lowest BCUT2D eigenvalue weighted by atomic mass is 10.1. The van der Waals surface area contributed by atoms with Gasteiger partial charge in [0.05, 0.1) is 12.8 Å². The first kappa shape index (κ1) is 19.8. The zero-order valence-electron chi connectivity index (χ0n) is 15.2. The Hall–Kier alpha value is -2.54. The molecule has 2 aromatic rings. The van der Waals surface area contributed by atoms with E-state index in [1.165, 1.54) is 12.0 Å². The number of carbonyl (C=O) groups is 2. The highest BCUT2D eigenvalue weighted by Gasteiger charge is 2.16. The van der Waals surface area contributed by atoms with Crippen molar-refractivity contribution in [3.63, 3.8) is 0 Å². The Labute approximate surface area is 161 Å². The van der Waals surface area contributed by atoms with Crippen molar-refractivity contribution in [3.8, 4) is 5.75 Å². The number of benzene rings is 2. The number of ether oxygens (including phenoxy) is 1. The molecule has 0 heterocycles. The molecule has 0 bridgehead atoms. The molecule has 0 atom stereocenters. The quantitative estimate of drug-likeness (QED) is 0.800. The van der Waals surface area contributed by atoms with Crippen LogP contribution in [0.25, 0.3) is 0 Å². The number of carbonyl (C=O) groups excluding carboxylic acids is 2. The molecular weight excluding hydrogens is 398 g/mol. The van der Waals surface area contributed by atoms with Gasteiger partial charge in [-0.15, -0.1) is 0 Å². The third kappa shape index (κ3) is 4.98. The Balaban J connectivity index is 2.14. The maximum absolute atomic E-state index is 12.5. The number of methoxy groups -OCH3 is 1. The van der Waals surface area contributed by atoms with Gasteiger partial charge in [-0.25, -0.2) is 4.79 Å². The van der Waals surface area contributed by atoms with E-state index in [1.807, 2.05) is 24.3 Å². The van der Waals surface area contributed by atoms with Crippen LogP contribution in [0.4, 0.5) is 10.5 Å². The third-order valence-electron chi connectivity index (χ3n) is 3.77. The van der Waals surface area contributed by atoms with E-state index in [1.54, 1.807) is 44.2 Å². The second-order valence-electron chi connectivity index (χ2n) is 6.03. The van der Waals surface area contributed by atoms with Gasteiger partial charge < -0.3 is 19.9 Å². The van der Waals surface area contributed by atoms with Crippen molar-refractivity contribution in [2.24, 2.45) is 0 Å². The van der Waals surface area contributed by atoms with Gasteiger partial charge in [0.2, 0.25) is 0 Å². The van der Waals surface area contributed by atoms with Crippen molar-refractivity contribution in [2.75, 3.05) is 33.6 Å². The fraction of sp³-hybridized carbons (Fsp3) is 0.263. The summed E-state index contributed by atoms with van der Waals surface area (Å²) in [6.07, 6.45) is 0. The molecule has 0 aliphatic heterocycles. The van der Waals surface area contributed by atoms with Crippen LogP contribution in [0, 0.1) is 0 Å². The first-order chi connectivity index (χ1) is 12.3. The zero-order valence-corrected chi connectivity index (χ0v) is 16.8. The van der Waals surface area contributed by atoms with E-state index in [2.05, 4.69) is 21.2 Å². The topological polar surface area (TPSA) is 61.9 Å². The number of hydrogen-bond donors (Lipinski definition) is 1. The van der Waals surface area contributed by atoms with Gasteiger partial charge in [0.1, 0.15) is 5.75 Å². The van der Waals surface area contributed by atoms with E-state index in [0.29, 0.717) is 23.5 Å². The van der Waals surface area contributed by atoms with Crippen molar-refractivity contribution in [1.29, 1.82) is 0 Å². The Morgan fingerprint density at radius 1 is 1.08 bits per heavy atom. The molecule has 0 fully saturated rings. The predicted octanol–water partition coefficient (Wildman–Crippen LogP) is 3.82. The van der Waals surface area contributed by atoms with E-state index in [-0.39, 0.29) is 11.9 Å². The van der Waals surface area contributed by atoms with Crippen molar-refractivity contribution in [3.05, 3.63) is 58.1 Å². The lowest BCUT2D eigenvalue weighted by Gasteiger charge is -2.20. The number of rotatable bonds is 5. The average molecular weight is 420 g/mol. The van der Waals surface area contributed by atoms with Crippen molar-refractivity contribution >= 4 is 33.6 Å². The number of nitrogens with one attached hydrogen (secondary N) is 1. The first-order valence-corrected chi connectivity index (χ1v) is 8.77. The summed E-state index contributed by atoms with van der Waals surface area (Å²) in [7, 11) is 6.58. The van der Waals surface area contributed by atoms with E-state index in [0.717, 1.165) is 10.0 Å². The molecule has 0 radical (unpaired) electrons. The second-order valence-corrected chi connectivity index (χ2v) is 6.94. The number of hydrogen-bond acceptors (Lipinski definition) is 3. The van der Waals surface area contributed by atoms with Gasteiger partial charge in [0, 0.05) is 37.7 Å². The molecule has 2 aromatic carbocycles. The maximum atomic E-state index is 12.5. The molecule has 2 rings (SSSR count). The van der Waals surface area contributed by atoms with Crippen LogP contribution in [0.15, 0.2) is 46.9 Å². The number of amides is 3. The summed E-state index contributed by atoms with van der Waals surface area (Å²) in [5, 5.41) is 2.81. The van der Waals surface area contributed by atoms with E-state index >= 15 is 0 Å². The highest BCUT2D eigenvalue weighted by atomic mass is 79.9. The Morgan fingerprint density at radius 3 is 2.31 bits per heavy atom. The summed E-state index contributed by atoms with van der Waals surface area (Å²) < 4.78 is 6.28. The monoisotopic (exact) mass is 419 g/mol. The molecule has 0 aliphatic rings. The minimum atomic E-state index is -0.291. The van der Waals surface area contributed by atoms with Crippen LogP contribution in [0.1, 0.15) is 15.9 Å². The van der Waals surface area contributed by atoms with Crippen LogP contribution in [0.5, 0.6) is 5.75 Å². The van der Waals surface area contributed by atoms with Crippen LogP contribution in [-0.4, -0.2) is 50.0 Å². The molecule has 0 unspecified atom stereocenters. The Kier molecular flexibility index (Phi) is 6.63. The highest BCUT2D eigenvalue weighted by Crippen LogP contribution is 2.26. The summed E-state index contributed by atoms with van der Waals surface area (Å²) in [6, 6.07) is 12.4. The van der Waals surface area contributed by atoms with Gasteiger partial charge in [-0.05, 0) is 35.9 Å². The first-order valence-electron chi connectivity index (χ1n) is 7.98. The van der Waals surface area contributed by atoms with Crippen molar-refractivity contribution in [1.82, 2.24) is 9.80 Å². The van der Waals surface area contributed by atoms with Gasteiger partial charge in [-0.2, -0.15) is 0 Å². The van der Waals surface area contributed by atoms with Gasteiger partial charge >= 0.3 is 6.03 Å². The third-order valence-corrected chi connectivity index (χ3v) is 4.30.